The van der Waals surface area contributed by atoms with E-state index < -0.39 is 0 Å². The third kappa shape index (κ3) is 4.52. The number of nitrogens with zero attached hydrogens (tertiary/aromatic N) is 2. The molecule has 2 N–H and O–H groups in total. The van der Waals surface area contributed by atoms with Crippen molar-refractivity contribution in [3.8, 4) is 5.75 Å². The van der Waals surface area contributed by atoms with Crippen LogP contribution < -0.4 is 15.0 Å². The predicted octanol–water partition coefficient (Wildman–Crippen LogP) is 3.80. The van der Waals surface area contributed by atoms with E-state index in [4.69, 9.17) is 9.72 Å². The van der Waals surface area contributed by atoms with Gasteiger partial charge in [0.25, 0.3) is 0 Å². The summed E-state index contributed by atoms with van der Waals surface area (Å²) in [6, 6.07) is 16.7. The van der Waals surface area contributed by atoms with Gasteiger partial charge in [-0.05, 0) is 49.1 Å². The molecule has 0 amide bonds. The van der Waals surface area contributed by atoms with E-state index in [2.05, 4.69) is 53.5 Å². The number of aliphatic hydroxyl groups excluding tert-OH is 1. The van der Waals surface area contributed by atoms with Gasteiger partial charge in [0.1, 0.15) is 11.6 Å². The number of aryl methyl sites for hydroxylation is 1. The van der Waals surface area contributed by atoms with Crippen LogP contribution in [0.25, 0.3) is 10.9 Å². The number of fused-ring (bicyclic) bond motifs is 1. The van der Waals surface area contributed by atoms with E-state index >= 15 is 0 Å². The van der Waals surface area contributed by atoms with E-state index in [0.29, 0.717) is 6.54 Å². The van der Waals surface area contributed by atoms with Gasteiger partial charge in [-0.1, -0.05) is 30.3 Å². The number of aromatic nitrogens is 1. The zero-order valence-corrected chi connectivity index (χ0v) is 17.2. The van der Waals surface area contributed by atoms with E-state index in [-0.39, 0.29) is 6.10 Å². The minimum absolute atomic E-state index is 0.279. The molecule has 0 aliphatic carbocycles. The number of ether oxygens (including phenoxy) is 1. The lowest BCUT2D eigenvalue weighted by Gasteiger charge is -2.32. The summed E-state index contributed by atoms with van der Waals surface area (Å²) in [5.41, 5.74) is 4.61. The Hall–Kier alpha value is -2.63. The Morgan fingerprint density at radius 3 is 2.76 bits per heavy atom. The second-order valence-corrected chi connectivity index (χ2v) is 7.81. The van der Waals surface area contributed by atoms with E-state index in [1.165, 1.54) is 16.7 Å². The average Bonchev–Trinajstić information content (AvgIpc) is 2.74. The van der Waals surface area contributed by atoms with Crippen molar-refractivity contribution in [1.29, 1.82) is 0 Å². The molecule has 152 valence electrons. The van der Waals surface area contributed by atoms with Crippen LogP contribution in [0.2, 0.25) is 0 Å². The van der Waals surface area contributed by atoms with Crippen molar-refractivity contribution in [3.63, 3.8) is 0 Å². The van der Waals surface area contributed by atoms with Gasteiger partial charge >= 0.3 is 0 Å². The molecule has 29 heavy (non-hydrogen) atoms. The van der Waals surface area contributed by atoms with Crippen LogP contribution in [0.1, 0.15) is 29.5 Å². The number of para-hydroxylation sites is 1. The number of aliphatic hydroxyl groups is 1. The second kappa shape index (κ2) is 8.80. The van der Waals surface area contributed by atoms with Crippen LogP contribution in [0.15, 0.2) is 48.5 Å². The lowest BCUT2D eigenvalue weighted by atomic mass is 10.0. The van der Waals surface area contributed by atoms with Crippen LogP contribution in [-0.4, -0.2) is 36.4 Å². The monoisotopic (exact) mass is 391 g/mol. The number of hydrogen-bond acceptors (Lipinski definition) is 5. The van der Waals surface area contributed by atoms with Crippen LogP contribution in [0.4, 0.5) is 5.82 Å². The van der Waals surface area contributed by atoms with E-state index in [9.17, 15) is 5.11 Å². The minimum atomic E-state index is -0.279. The van der Waals surface area contributed by atoms with Crippen molar-refractivity contribution >= 4 is 16.7 Å². The summed E-state index contributed by atoms with van der Waals surface area (Å²) in [5.74, 6) is 1.86. The van der Waals surface area contributed by atoms with Crippen LogP contribution in [-0.2, 0) is 13.1 Å². The quantitative estimate of drug-likeness (QED) is 0.669. The topological polar surface area (TPSA) is 57.6 Å². The highest BCUT2D eigenvalue weighted by Gasteiger charge is 2.22. The van der Waals surface area contributed by atoms with Gasteiger partial charge in [-0.2, -0.15) is 0 Å². The first-order valence-electron chi connectivity index (χ1n) is 10.3. The fourth-order valence-electron chi connectivity index (χ4n) is 4.02. The molecule has 5 heteroatoms. The molecule has 3 aromatic rings. The van der Waals surface area contributed by atoms with Crippen molar-refractivity contribution in [3.05, 3.63) is 65.2 Å². The molecule has 1 fully saturated rings. The summed E-state index contributed by atoms with van der Waals surface area (Å²) < 4.78 is 5.23. The molecule has 1 atom stereocenters. The van der Waals surface area contributed by atoms with Gasteiger partial charge in [0.15, 0.2) is 0 Å². The fraction of sp³-hybridized carbons (Fsp3) is 0.375. The van der Waals surface area contributed by atoms with E-state index in [0.717, 1.165) is 54.9 Å². The number of benzene rings is 2. The Labute approximate surface area is 172 Å². The second-order valence-electron chi connectivity index (χ2n) is 7.81. The smallest absolute Gasteiger partial charge is 0.133 e. The largest absolute Gasteiger partial charge is 0.497 e. The molecule has 1 aliphatic heterocycles. The summed E-state index contributed by atoms with van der Waals surface area (Å²) >= 11 is 0. The first-order valence-corrected chi connectivity index (χ1v) is 10.3. The number of piperidine rings is 1. The Balaban J connectivity index is 1.58. The Kier molecular flexibility index (Phi) is 5.97. The molecule has 2 aromatic carbocycles. The predicted molar refractivity (Wildman–Crippen MR) is 117 cm³/mol. The van der Waals surface area contributed by atoms with Crippen LogP contribution in [0.3, 0.4) is 0 Å². The molecular formula is C24H29N3O2. The van der Waals surface area contributed by atoms with Gasteiger partial charge in [-0.3, -0.25) is 0 Å². The molecule has 1 saturated heterocycles. The molecule has 5 nitrogen and oxygen atoms in total. The number of methoxy groups -OCH3 is 1. The molecule has 4 rings (SSSR count). The van der Waals surface area contributed by atoms with Crippen LogP contribution in [0.5, 0.6) is 5.75 Å². The molecule has 0 bridgehead atoms. The van der Waals surface area contributed by atoms with Crippen molar-refractivity contribution in [2.45, 2.75) is 39.0 Å². The summed E-state index contributed by atoms with van der Waals surface area (Å²) in [6.45, 7) is 5.19. The molecule has 0 saturated carbocycles. The number of rotatable bonds is 6. The maximum atomic E-state index is 10.2. The van der Waals surface area contributed by atoms with Gasteiger partial charge in [-0.25, -0.2) is 4.98 Å². The fourth-order valence-corrected chi connectivity index (χ4v) is 4.02. The standard InChI is InChI=1S/C24H29N3O2/c1-17-5-3-6-19-13-20(15-25-14-18-8-10-22(29-2)11-9-18)24(26-23(17)19)27-12-4-7-21(28)16-27/h3,5-6,8-11,13,21,25,28H,4,7,12,14-16H2,1-2H3/t21-/m1/s1. The first-order chi connectivity index (χ1) is 14.1. The summed E-state index contributed by atoms with van der Waals surface area (Å²) in [4.78, 5) is 7.28. The molecule has 0 radical (unpaired) electrons. The lowest BCUT2D eigenvalue weighted by molar-refractivity contribution is 0.154. The van der Waals surface area contributed by atoms with Gasteiger partial charge in [-0.15, -0.1) is 0 Å². The average molecular weight is 392 g/mol. The summed E-state index contributed by atoms with van der Waals surface area (Å²) in [7, 11) is 1.68. The maximum Gasteiger partial charge on any atom is 0.133 e. The van der Waals surface area contributed by atoms with Gasteiger partial charge < -0.3 is 20.1 Å². The third-order valence-corrected chi connectivity index (χ3v) is 5.60. The summed E-state index contributed by atoms with van der Waals surface area (Å²) in [5, 5.41) is 14.9. The molecule has 1 aliphatic rings. The highest BCUT2D eigenvalue weighted by molar-refractivity contribution is 5.84. The Morgan fingerprint density at radius 1 is 1.17 bits per heavy atom. The number of β-amino-alcohol motifs (C(OH)–C–C–N with tert-alkyl or cyclic N) is 1. The molecule has 2 heterocycles. The zero-order chi connectivity index (χ0) is 20.2. The van der Waals surface area contributed by atoms with Crippen molar-refractivity contribution < 1.29 is 9.84 Å². The molecule has 0 unspecified atom stereocenters. The SMILES string of the molecule is COc1ccc(CNCc2cc3cccc(C)c3nc2N2CCC[C@@H](O)C2)cc1. The number of anilines is 1. The maximum absolute atomic E-state index is 10.2. The highest BCUT2D eigenvalue weighted by Crippen LogP contribution is 2.28. The first kappa shape index (κ1) is 19.7. The molecule has 0 spiro atoms. The molecule has 1 aromatic heterocycles. The van der Waals surface area contributed by atoms with Crippen molar-refractivity contribution in [2.75, 3.05) is 25.1 Å². The van der Waals surface area contributed by atoms with Gasteiger partial charge in [0.05, 0.1) is 18.7 Å². The Morgan fingerprint density at radius 2 is 2.00 bits per heavy atom. The van der Waals surface area contributed by atoms with Gasteiger partial charge in [0, 0.05) is 37.1 Å². The van der Waals surface area contributed by atoms with E-state index in [1.807, 2.05) is 12.1 Å². The van der Waals surface area contributed by atoms with E-state index in [1.54, 1.807) is 7.11 Å². The van der Waals surface area contributed by atoms with Crippen molar-refractivity contribution in [2.24, 2.45) is 0 Å². The zero-order valence-electron chi connectivity index (χ0n) is 17.2. The van der Waals surface area contributed by atoms with Crippen molar-refractivity contribution in [1.82, 2.24) is 10.3 Å². The lowest BCUT2D eigenvalue weighted by Crippen LogP contribution is -2.39. The number of pyridine rings is 1. The normalized spacial score (nSPS) is 16.9. The number of nitrogens with one attached hydrogen (secondary N) is 1. The minimum Gasteiger partial charge on any atom is -0.497 e. The van der Waals surface area contributed by atoms with Gasteiger partial charge in [0.2, 0.25) is 0 Å². The molecular weight excluding hydrogens is 362 g/mol. The Bertz CT molecular complexity index is 972. The van der Waals surface area contributed by atoms with Crippen LogP contribution >= 0.6 is 0 Å². The third-order valence-electron chi connectivity index (χ3n) is 5.60. The van der Waals surface area contributed by atoms with Crippen LogP contribution in [0, 0.1) is 6.92 Å². The highest BCUT2D eigenvalue weighted by atomic mass is 16.5. The summed E-state index contributed by atoms with van der Waals surface area (Å²) in [6.07, 6.45) is 1.58. The number of hydrogen-bond donors (Lipinski definition) is 2.